The van der Waals surface area contributed by atoms with Gasteiger partial charge in [-0.3, -0.25) is 4.79 Å². The van der Waals surface area contributed by atoms with Crippen LogP contribution in [-0.4, -0.2) is 11.9 Å². The number of aryl methyl sites for hydroxylation is 1. The predicted octanol–water partition coefficient (Wildman–Crippen LogP) is 2.73. The zero-order chi connectivity index (χ0) is 13.7. The lowest BCUT2D eigenvalue weighted by molar-refractivity contribution is -0.116. The van der Waals surface area contributed by atoms with Gasteiger partial charge in [-0.05, 0) is 38.3 Å². The fourth-order valence-corrected chi connectivity index (χ4v) is 1.54. The van der Waals surface area contributed by atoms with Gasteiger partial charge in [-0.2, -0.15) is 0 Å². The third-order valence-corrected chi connectivity index (χ3v) is 2.59. The fourth-order valence-electron chi connectivity index (χ4n) is 1.54. The van der Waals surface area contributed by atoms with Crippen molar-refractivity contribution < 1.29 is 13.6 Å². The third kappa shape index (κ3) is 4.41. The molecule has 0 aromatic heterocycles. The smallest absolute Gasteiger partial charge is 0.224 e. The van der Waals surface area contributed by atoms with E-state index in [1.165, 1.54) is 6.92 Å². The summed E-state index contributed by atoms with van der Waals surface area (Å²) in [7, 11) is 0. The molecule has 0 saturated heterocycles. The van der Waals surface area contributed by atoms with E-state index in [1.54, 1.807) is 0 Å². The Bertz CT molecular complexity index is 433. The number of rotatable bonds is 5. The first-order valence-electron chi connectivity index (χ1n) is 5.91. The summed E-state index contributed by atoms with van der Waals surface area (Å²) in [5, 5.41) is 2.36. The van der Waals surface area contributed by atoms with E-state index >= 15 is 0 Å². The lowest BCUT2D eigenvalue weighted by Gasteiger charge is -2.08. The average Bonchev–Trinajstić information content (AvgIpc) is 2.25. The van der Waals surface area contributed by atoms with E-state index in [1.807, 2.05) is 6.92 Å². The van der Waals surface area contributed by atoms with Crippen LogP contribution in [0.15, 0.2) is 12.1 Å². The second-order valence-electron chi connectivity index (χ2n) is 4.50. The normalized spacial score (nSPS) is 12.3. The Balaban J connectivity index is 2.57. The zero-order valence-corrected chi connectivity index (χ0v) is 10.6. The molecule has 0 aliphatic heterocycles. The number of nitrogens with two attached hydrogens (primary N) is 1. The van der Waals surface area contributed by atoms with Crippen LogP contribution >= 0.6 is 0 Å². The second kappa shape index (κ2) is 6.44. The van der Waals surface area contributed by atoms with Crippen LogP contribution in [0.5, 0.6) is 0 Å². The van der Waals surface area contributed by atoms with Gasteiger partial charge in [-0.15, -0.1) is 0 Å². The van der Waals surface area contributed by atoms with Crippen molar-refractivity contribution in [3.63, 3.8) is 0 Å². The van der Waals surface area contributed by atoms with Crippen molar-refractivity contribution in [1.82, 2.24) is 0 Å². The van der Waals surface area contributed by atoms with Gasteiger partial charge in [0.05, 0.1) is 5.69 Å². The Kier molecular flexibility index (Phi) is 5.22. The minimum Gasteiger partial charge on any atom is -0.328 e. The van der Waals surface area contributed by atoms with Crippen molar-refractivity contribution in [3.05, 3.63) is 29.3 Å². The fraction of sp³-hybridized carbons (Fsp3) is 0.462. The molecule has 1 aromatic rings. The molecular formula is C13H18F2N2O. The number of carbonyl (C=O) groups is 1. The molecule has 0 spiro atoms. The Morgan fingerprint density at radius 3 is 2.67 bits per heavy atom. The molecule has 1 aromatic carbocycles. The van der Waals surface area contributed by atoms with E-state index in [0.29, 0.717) is 6.42 Å². The Hall–Kier alpha value is -1.49. The van der Waals surface area contributed by atoms with Gasteiger partial charge >= 0.3 is 0 Å². The number of hydrogen-bond acceptors (Lipinski definition) is 2. The highest BCUT2D eigenvalue weighted by molar-refractivity contribution is 5.90. The molecule has 100 valence electrons. The lowest BCUT2D eigenvalue weighted by Crippen LogP contribution is -2.17. The summed E-state index contributed by atoms with van der Waals surface area (Å²) in [5.41, 5.74) is 5.64. The van der Waals surface area contributed by atoms with Crippen molar-refractivity contribution in [2.45, 2.75) is 39.2 Å². The summed E-state index contributed by atoms with van der Waals surface area (Å²) in [5.74, 6) is -1.51. The highest BCUT2D eigenvalue weighted by atomic mass is 19.1. The molecule has 3 nitrogen and oxygen atoms in total. The van der Waals surface area contributed by atoms with Crippen molar-refractivity contribution in [2.24, 2.45) is 5.73 Å². The molecule has 1 amide bonds. The van der Waals surface area contributed by atoms with Gasteiger partial charge in [-0.25, -0.2) is 8.78 Å². The topological polar surface area (TPSA) is 55.1 Å². The maximum atomic E-state index is 13.4. The van der Waals surface area contributed by atoms with Crippen LogP contribution in [0.2, 0.25) is 0 Å². The number of benzene rings is 1. The van der Waals surface area contributed by atoms with Gasteiger partial charge in [0, 0.05) is 18.5 Å². The predicted molar refractivity (Wildman–Crippen MR) is 67.2 cm³/mol. The van der Waals surface area contributed by atoms with E-state index in [4.69, 9.17) is 5.73 Å². The minimum absolute atomic E-state index is 0.0337. The quantitative estimate of drug-likeness (QED) is 0.851. The number of carbonyl (C=O) groups excluding carboxylic acids is 1. The molecule has 0 heterocycles. The molecule has 5 heteroatoms. The van der Waals surface area contributed by atoms with Crippen molar-refractivity contribution in [2.75, 3.05) is 5.32 Å². The molecule has 0 radical (unpaired) electrons. The summed E-state index contributed by atoms with van der Waals surface area (Å²) in [6, 6.07) is 2.09. The summed E-state index contributed by atoms with van der Waals surface area (Å²) >= 11 is 0. The first-order chi connectivity index (χ1) is 8.40. The molecule has 0 aliphatic carbocycles. The molecule has 1 unspecified atom stereocenters. The average molecular weight is 256 g/mol. The Labute approximate surface area is 105 Å². The monoisotopic (exact) mass is 256 g/mol. The van der Waals surface area contributed by atoms with Crippen LogP contribution in [0, 0.1) is 18.6 Å². The number of anilines is 1. The van der Waals surface area contributed by atoms with Crippen molar-refractivity contribution >= 4 is 11.6 Å². The van der Waals surface area contributed by atoms with Crippen LogP contribution < -0.4 is 11.1 Å². The maximum absolute atomic E-state index is 13.4. The van der Waals surface area contributed by atoms with E-state index in [2.05, 4.69) is 5.32 Å². The zero-order valence-electron chi connectivity index (χ0n) is 10.6. The summed E-state index contributed by atoms with van der Waals surface area (Å²) in [6.45, 7) is 3.32. The molecule has 0 saturated carbocycles. The van der Waals surface area contributed by atoms with Crippen LogP contribution in [0.1, 0.15) is 31.7 Å². The van der Waals surface area contributed by atoms with Crippen LogP contribution in [0.25, 0.3) is 0 Å². The van der Waals surface area contributed by atoms with Gasteiger partial charge in [-0.1, -0.05) is 0 Å². The standard InChI is InChI=1S/C13H18F2N2O/c1-8-6-11(15)12(7-10(8)14)17-13(18)5-3-4-9(2)16/h6-7,9H,3-5,16H2,1-2H3,(H,17,18). The van der Waals surface area contributed by atoms with Crippen LogP contribution in [0.3, 0.4) is 0 Å². The van der Waals surface area contributed by atoms with Gasteiger partial charge in [0.1, 0.15) is 11.6 Å². The van der Waals surface area contributed by atoms with Gasteiger partial charge < -0.3 is 11.1 Å². The third-order valence-electron chi connectivity index (χ3n) is 2.59. The molecule has 3 N–H and O–H groups in total. The Morgan fingerprint density at radius 2 is 2.06 bits per heavy atom. The summed E-state index contributed by atoms with van der Waals surface area (Å²) in [4.78, 5) is 11.5. The number of nitrogens with one attached hydrogen (secondary N) is 1. The molecule has 1 rings (SSSR count). The molecule has 18 heavy (non-hydrogen) atoms. The first kappa shape index (κ1) is 14.6. The summed E-state index contributed by atoms with van der Waals surface area (Å²) < 4.78 is 26.7. The maximum Gasteiger partial charge on any atom is 0.224 e. The minimum atomic E-state index is -0.630. The van der Waals surface area contributed by atoms with E-state index in [0.717, 1.165) is 18.6 Å². The first-order valence-corrected chi connectivity index (χ1v) is 5.91. The SMILES string of the molecule is Cc1cc(F)c(NC(=O)CCCC(C)N)cc1F. The van der Waals surface area contributed by atoms with E-state index in [9.17, 15) is 13.6 Å². The molecule has 0 fully saturated rings. The van der Waals surface area contributed by atoms with Crippen molar-refractivity contribution in [1.29, 1.82) is 0 Å². The molecule has 0 aliphatic rings. The molecule has 0 bridgehead atoms. The number of amides is 1. The highest BCUT2D eigenvalue weighted by Gasteiger charge is 2.10. The van der Waals surface area contributed by atoms with Gasteiger partial charge in [0.25, 0.3) is 0 Å². The lowest BCUT2D eigenvalue weighted by atomic mass is 10.1. The number of halogens is 2. The van der Waals surface area contributed by atoms with Gasteiger partial charge in [0.2, 0.25) is 5.91 Å². The van der Waals surface area contributed by atoms with Crippen molar-refractivity contribution in [3.8, 4) is 0 Å². The number of hydrogen-bond donors (Lipinski definition) is 2. The Morgan fingerprint density at radius 1 is 1.39 bits per heavy atom. The highest BCUT2D eigenvalue weighted by Crippen LogP contribution is 2.19. The van der Waals surface area contributed by atoms with Crippen LogP contribution in [0.4, 0.5) is 14.5 Å². The van der Waals surface area contributed by atoms with E-state index in [-0.39, 0.29) is 29.6 Å². The van der Waals surface area contributed by atoms with Crippen LogP contribution in [-0.2, 0) is 4.79 Å². The molecular weight excluding hydrogens is 238 g/mol. The molecule has 1 atom stereocenters. The largest absolute Gasteiger partial charge is 0.328 e. The summed E-state index contributed by atoms with van der Waals surface area (Å²) in [6.07, 6.45) is 1.59. The van der Waals surface area contributed by atoms with E-state index < -0.39 is 11.6 Å². The second-order valence-corrected chi connectivity index (χ2v) is 4.50. The van der Waals surface area contributed by atoms with Gasteiger partial charge in [0.15, 0.2) is 0 Å².